The molecule has 140 valence electrons. The third-order valence-electron chi connectivity index (χ3n) is 4.37. The summed E-state index contributed by atoms with van der Waals surface area (Å²) in [6, 6.07) is 4.77. The molecular weight excluding hydrogens is 338 g/mol. The van der Waals surface area contributed by atoms with Crippen LogP contribution in [0.1, 0.15) is 26.2 Å². The molecular formula is C18H23N3O5. The van der Waals surface area contributed by atoms with E-state index in [2.05, 4.69) is 10.6 Å². The minimum atomic E-state index is -0.595. The van der Waals surface area contributed by atoms with Crippen molar-refractivity contribution in [2.75, 3.05) is 25.6 Å². The van der Waals surface area contributed by atoms with E-state index in [0.29, 0.717) is 23.7 Å². The Labute approximate surface area is 151 Å². The van der Waals surface area contributed by atoms with E-state index in [1.165, 1.54) is 12.0 Å². The van der Waals surface area contributed by atoms with Gasteiger partial charge in [0.05, 0.1) is 13.5 Å². The summed E-state index contributed by atoms with van der Waals surface area (Å²) in [5.41, 5.74) is 0.618. The largest absolute Gasteiger partial charge is 0.493 e. The first-order chi connectivity index (χ1) is 12.5. The third kappa shape index (κ3) is 4.07. The van der Waals surface area contributed by atoms with Crippen LogP contribution in [0.25, 0.3) is 0 Å². The summed E-state index contributed by atoms with van der Waals surface area (Å²) < 4.78 is 10.8. The number of amides is 3. The molecule has 2 N–H and O–H groups in total. The van der Waals surface area contributed by atoms with Crippen LogP contribution in [0.5, 0.6) is 11.5 Å². The number of nitrogens with zero attached hydrogens (tertiary/aromatic N) is 1. The van der Waals surface area contributed by atoms with Crippen LogP contribution in [0.2, 0.25) is 0 Å². The minimum absolute atomic E-state index is 0.110. The molecule has 1 aliphatic heterocycles. The molecule has 1 heterocycles. The van der Waals surface area contributed by atoms with E-state index in [1.807, 2.05) is 0 Å². The normalized spacial score (nSPS) is 19.5. The number of anilines is 1. The Morgan fingerprint density at radius 3 is 2.65 bits per heavy atom. The number of carbonyl (C=O) groups excluding carboxylic acids is 3. The van der Waals surface area contributed by atoms with Crippen molar-refractivity contribution in [1.82, 2.24) is 10.2 Å². The fourth-order valence-electron chi connectivity index (χ4n) is 2.85. The van der Waals surface area contributed by atoms with E-state index in [-0.39, 0.29) is 36.8 Å². The van der Waals surface area contributed by atoms with E-state index in [0.717, 1.165) is 12.8 Å². The van der Waals surface area contributed by atoms with Crippen molar-refractivity contribution in [3.05, 3.63) is 18.2 Å². The molecule has 1 saturated heterocycles. The molecule has 3 amide bonds. The molecule has 1 aromatic rings. The van der Waals surface area contributed by atoms with Gasteiger partial charge < -0.3 is 20.1 Å². The lowest BCUT2D eigenvalue weighted by atomic mass is 10.2. The molecule has 3 rings (SSSR count). The Balaban J connectivity index is 1.65. The zero-order valence-corrected chi connectivity index (χ0v) is 14.9. The van der Waals surface area contributed by atoms with Crippen LogP contribution in [0, 0.1) is 0 Å². The van der Waals surface area contributed by atoms with Gasteiger partial charge in [-0.25, -0.2) is 0 Å². The lowest BCUT2D eigenvalue weighted by Crippen LogP contribution is -2.34. The van der Waals surface area contributed by atoms with Gasteiger partial charge in [0.15, 0.2) is 18.1 Å². The summed E-state index contributed by atoms with van der Waals surface area (Å²) in [5.74, 6) is 0.283. The highest BCUT2D eigenvalue weighted by atomic mass is 16.5. The summed E-state index contributed by atoms with van der Waals surface area (Å²) in [6.07, 6.45) is 2.15. The highest BCUT2D eigenvalue weighted by molar-refractivity contribution is 6.06. The minimum Gasteiger partial charge on any atom is -0.493 e. The molecule has 1 atom stereocenters. The first-order valence-corrected chi connectivity index (χ1v) is 8.72. The van der Waals surface area contributed by atoms with Gasteiger partial charge in [-0.05, 0) is 31.9 Å². The molecule has 1 saturated carbocycles. The van der Waals surface area contributed by atoms with Gasteiger partial charge in [-0.15, -0.1) is 0 Å². The second-order valence-electron chi connectivity index (χ2n) is 6.37. The molecule has 26 heavy (non-hydrogen) atoms. The van der Waals surface area contributed by atoms with Crippen molar-refractivity contribution in [2.24, 2.45) is 0 Å². The first-order valence-electron chi connectivity index (χ1n) is 8.72. The summed E-state index contributed by atoms with van der Waals surface area (Å²) in [6.45, 7) is 2.02. The topological polar surface area (TPSA) is 97.0 Å². The zero-order chi connectivity index (χ0) is 18.7. The number of likely N-dealkylation sites (N-methyl/N-ethyl adjacent to an activating group) is 1. The van der Waals surface area contributed by atoms with E-state index in [1.54, 1.807) is 25.1 Å². The standard InChI is InChI=1S/C18H23N3O5/c1-3-21-17(23)9-13(18(21)24)19-12-6-7-14(25-2)15(8-12)26-10-16(22)20-11-4-5-11/h6-8,11,13,19H,3-5,9-10H2,1-2H3,(H,20,22). The molecule has 2 aliphatic rings. The Morgan fingerprint density at radius 2 is 2.04 bits per heavy atom. The van der Waals surface area contributed by atoms with Crippen molar-refractivity contribution in [3.8, 4) is 11.5 Å². The van der Waals surface area contributed by atoms with E-state index < -0.39 is 6.04 Å². The second-order valence-corrected chi connectivity index (χ2v) is 6.37. The maximum Gasteiger partial charge on any atom is 0.258 e. The highest BCUT2D eigenvalue weighted by Gasteiger charge is 2.37. The third-order valence-corrected chi connectivity index (χ3v) is 4.37. The smallest absolute Gasteiger partial charge is 0.258 e. The van der Waals surface area contributed by atoms with Gasteiger partial charge in [-0.3, -0.25) is 19.3 Å². The number of rotatable bonds is 8. The lowest BCUT2D eigenvalue weighted by Gasteiger charge is -2.16. The number of nitrogens with one attached hydrogen (secondary N) is 2. The molecule has 8 heteroatoms. The van der Waals surface area contributed by atoms with Gasteiger partial charge in [0.25, 0.3) is 11.8 Å². The van der Waals surface area contributed by atoms with Gasteiger partial charge in [0.2, 0.25) is 5.91 Å². The summed E-state index contributed by atoms with van der Waals surface area (Å²) >= 11 is 0. The first kappa shape index (κ1) is 18.0. The molecule has 0 bridgehead atoms. The average molecular weight is 361 g/mol. The fraction of sp³-hybridized carbons (Fsp3) is 0.500. The molecule has 0 spiro atoms. The zero-order valence-electron chi connectivity index (χ0n) is 14.9. The molecule has 2 fully saturated rings. The quantitative estimate of drug-likeness (QED) is 0.668. The van der Waals surface area contributed by atoms with Gasteiger partial charge in [-0.1, -0.05) is 0 Å². The van der Waals surface area contributed by atoms with Crippen LogP contribution in [0.15, 0.2) is 18.2 Å². The fourth-order valence-corrected chi connectivity index (χ4v) is 2.85. The summed E-state index contributed by atoms with van der Waals surface area (Å²) in [7, 11) is 1.51. The predicted octanol–water partition coefficient (Wildman–Crippen LogP) is 0.912. The molecule has 0 aromatic heterocycles. The van der Waals surface area contributed by atoms with Crippen molar-refractivity contribution >= 4 is 23.4 Å². The maximum atomic E-state index is 12.2. The lowest BCUT2D eigenvalue weighted by molar-refractivity contribution is -0.138. The van der Waals surface area contributed by atoms with Crippen LogP contribution >= 0.6 is 0 Å². The number of methoxy groups -OCH3 is 1. The number of benzene rings is 1. The van der Waals surface area contributed by atoms with Crippen LogP contribution in [-0.2, 0) is 14.4 Å². The molecule has 1 aliphatic carbocycles. The van der Waals surface area contributed by atoms with E-state index in [4.69, 9.17) is 9.47 Å². The van der Waals surface area contributed by atoms with Crippen LogP contribution < -0.4 is 20.1 Å². The van der Waals surface area contributed by atoms with Gasteiger partial charge in [0, 0.05) is 24.3 Å². The second kappa shape index (κ2) is 7.63. The number of hydrogen-bond acceptors (Lipinski definition) is 6. The number of imide groups is 1. The van der Waals surface area contributed by atoms with Crippen LogP contribution in [0.3, 0.4) is 0 Å². The van der Waals surface area contributed by atoms with Crippen molar-refractivity contribution in [2.45, 2.75) is 38.3 Å². The maximum absolute atomic E-state index is 12.2. The van der Waals surface area contributed by atoms with E-state index in [9.17, 15) is 14.4 Å². The summed E-state index contributed by atoms with van der Waals surface area (Å²) in [4.78, 5) is 37.1. The molecule has 1 aromatic carbocycles. The highest BCUT2D eigenvalue weighted by Crippen LogP contribution is 2.31. The molecule has 1 unspecified atom stereocenters. The number of ether oxygens (including phenoxy) is 2. The van der Waals surface area contributed by atoms with E-state index >= 15 is 0 Å². The van der Waals surface area contributed by atoms with Crippen molar-refractivity contribution in [3.63, 3.8) is 0 Å². The average Bonchev–Trinajstić information content (AvgIpc) is 3.39. The Morgan fingerprint density at radius 1 is 1.27 bits per heavy atom. The van der Waals surface area contributed by atoms with Crippen molar-refractivity contribution in [1.29, 1.82) is 0 Å². The van der Waals surface area contributed by atoms with Gasteiger partial charge in [0.1, 0.15) is 6.04 Å². The number of hydrogen-bond donors (Lipinski definition) is 2. The van der Waals surface area contributed by atoms with Gasteiger partial charge >= 0.3 is 0 Å². The van der Waals surface area contributed by atoms with Crippen LogP contribution in [0.4, 0.5) is 5.69 Å². The number of likely N-dealkylation sites (tertiary alicyclic amines) is 1. The van der Waals surface area contributed by atoms with Crippen molar-refractivity contribution < 1.29 is 23.9 Å². The van der Waals surface area contributed by atoms with Crippen LogP contribution in [-0.4, -0.2) is 55.0 Å². The monoisotopic (exact) mass is 361 g/mol. The Hall–Kier alpha value is -2.77. The van der Waals surface area contributed by atoms with Gasteiger partial charge in [-0.2, -0.15) is 0 Å². The summed E-state index contributed by atoms with van der Waals surface area (Å²) in [5, 5.41) is 5.91. The number of carbonyl (C=O) groups is 3. The SMILES string of the molecule is CCN1C(=O)CC(Nc2ccc(OC)c(OCC(=O)NC3CC3)c2)C1=O. The Bertz CT molecular complexity index is 717. The Kier molecular flexibility index (Phi) is 5.29. The molecule has 8 nitrogen and oxygen atoms in total. The molecule has 0 radical (unpaired) electrons. The predicted molar refractivity (Wildman–Crippen MR) is 94.1 cm³/mol.